The van der Waals surface area contributed by atoms with Crippen molar-refractivity contribution in [1.82, 2.24) is 26.1 Å². The molecule has 1 aromatic heterocycles. The lowest BCUT2D eigenvalue weighted by Gasteiger charge is -2.41. The lowest BCUT2D eigenvalue weighted by molar-refractivity contribution is 0.276. The minimum absolute atomic E-state index is 0.0371. The van der Waals surface area contributed by atoms with E-state index in [0.717, 1.165) is 37.2 Å². The fourth-order valence-corrected chi connectivity index (χ4v) is 6.66. The standard InChI is InChI=1S/C27H39N5O/c1-6-16-11-19(33)8-10-20(16)17-7-9-21-22(12-17)30-31-24(21)25-28-15-23(29-25)18-13-26(2,3)32-27(4,5)14-18/h8,10-11,13,15,17,21-22,24,30-33H,6-7,9,12,14H2,1-5H3,(H,28,29). The zero-order valence-corrected chi connectivity index (χ0v) is 20.6. The molecule has 1 aliphatic carbocycles. The van der Waals surface area contributed by atoms with E-state index in [-0.39, 0.29) is 17.1 Å². The van der Waals surface area contributed by atoms with Gasteiger partial charge < -0.3 is 15.4 Å². The number of benzene rings is 1. The maximum atomic E-state index is 9.89. The summed E-state index contributed by atoms with van der Waals surface area (Å²) in [4.78, 5) is 8.49. The highest BCUT2D eigenvalue weighted by atomic mass is 16.3. The Labute approximate surface area is 197 Å². The first-order chi connectivity index (χ1) is 15.6. The van der Waals surface area contributed by atoms with Gasteiger partial charge >= 0.3 is 0 Å². The number of hydrazine groups is 1. The molecule has 4 atom stereocenters. The molecular formula is C27H39N5O. The number of nitrogens with zero attached hydrogens (tertiary/aromatic N) is 1. The fraction of sp³-hybridized carbons (Fsp3) is 0.593. The van der Waals surface area contributed by atoms with E-state index in [2.05, 4.69) is 67.9 Å². The van der Waals surface area contributed by atoms with E-state index >= 15 is 0 Å². The highest BCUT2D eigenvalue weighted by Crippen LogP contribution is 2.44. The van der Waals surface area contributed by atoms with Crippen molar-refractivity contribution >= 4 is 5.57 Å². The van der Waals surface area contributed by atoms with Crippen LogP contribution in [0.3, 0.4) is 0 Å². The first-order valence-corrected chi connectivity index (χ1v) is 12.5. The molecule has 5 rings (SSSR count). The normalized spacial score (nSPS) is 30.6. The van der Waals surface area contributed by atoms with Gasteiger partial charge in [0.2, 0.25) is 0 Å². The number of aryl methyl sites for hydroxylation is 1. The quantitative estimate of drug-likeness (QED) is 0.467. The van der Waals surface area contributed by atoms with E-state index in [0.29, 0.717) is 23.6 Å². The van der Waals surface area contributed by atoms with E-state index < -0.39 is 0 Å². The zero-order valence-electron chi connectivity index (χ0n) is 20.6. The number of hydrogen-bond acceptors (Lipinski definition) is 5. The van der Waals surface area contributed by atoms with Gasteiger partial charge in [0.1, 0.15) is 11.6 Å². The molecule has 0 spiro atoms. The first-order valence-electron chi connectivity index (χ1n) is 12.5. The van der Waals surface area contributed by atoms with Gasteiger partial charge in [-0.25, -0.2) is 10.4 Å². The van der Waals surface area contributed by atoms with Crippen molar-refractivity contribution < 1.29 is 5.11 Å². The van der Waals surface area contributed by atoms with Crippen molar-refractivity contribution in [2.24, 2.45) is 5.92 Å². The van der Waals surface area contributed by atoms with Gasteiger partial charge in [-0.1, -0.05) is 19.1 Å². The minimum Gasteiger partial charge on any atom is -0.508 e. The molecule has 2 aliphatic heterocycles. The number of aromatic amines is 1. The molecule has 6 nitrogen and oxygen atoms in total. The molecule has 1 aromatic carbocycles. The van der Waals surface area contributed by atoms with Gasteiger partial charge in [-0.15, -0.1) is 0 Å². The number of hydrogen-bond donors (Lipinski definition) is 5. The summed E-state index contributed by atoms with van der Waals surface area (Å²) in [5, 5.41) is 13.6. The Kier molecular flexibility index (Phi) is 5.66. The molecule has 6 heteroatoms. The predicted octanol–water partition coefficient (Wildman–Crippen LogP) is 4.71. The van der Waals surface area contributed by atoms with Gasteiger partial charge in [-0.05, 0) is 100 Å². The Balaban J connectivity index is 1.31. The molecule has 33 heavy (non-hydrogen) atoms. The highest BCUT2D eigenvalue weighted by Gasteiger charge is 2.43. The van der Waals surface area contributed by atoms with Crippen LogP contribution in [0.25, 0.3) is 5.57 Å². The second kappa shape index (κ2) is 8.26. The Bertz CT molecular complexity index is 1050. The van der Waals surface area contributed by atoms with Crippen LogP contribution in [0.1, 0.15) is 94.9 Å². The number of fused-ring (bicyclic) bond motifs is 1. The largest absolute Gasteiger partial charge is 0.508 e. The molecule has 5 N–H and O–H groups in total. The number of rotatable bonds is 4. The molecule has 2 fully saturated rings. The number of aromatic hydroxyl groups is 1. The molecule has 3 aliphatic rings. The summed E-state index contributed by atoms with van der Waals surface area (Å²) in [6.45, 7) is 11.2. The molecular weight excluding hydrogens is 410 g/mol. The first kappa shape index (κ1) is 22.6. The Morgan fingerprint density at radius 1 is 1.12 bits per heavy atom. The van der Waals surface area contributed by atoms with E-state index in [1.807, 2.05) is 18.3 Å². The van der Waals surface area contributed by atoms with Crippen LogP contribution in [0.2, 0.25) is 0 Å². The third-order valence-electron chi connectivity index (χ3n) is 7.77. The third-order valence-corrected chi connectivity index (χ3v) is 7.77. The molecule has 1 saturated heterocycles. The average molecular weight is 450 g/mol. The van der Waals surface area contributed by atoms with Gasteiger partial charge in [0, 0.05) is 17.1 Å². The highest BCUT2D eigenvalue weighted by molar-refractivity contribution is 5.66. The van der Waals surface area contributed by atoms with Gasteiger partial charge in [0.05, 0.1) is 17.9 Å². The van der Waals surface area contributed by atoms with Crippen molar-refractivity contribution in [3.05, 3.63) is 53.1 Å². The number of aromatic nitrogens is 2. The third kappa shape index (κ3) is 4.48. The average Bonchev–Trinajstić information content (AvgIpc) is 3.38. The summed E-state index contributed by atoms with van der Waals surface area (Å²) in [5.41, 5.74) is 12.3. The minimum atomic E-state index is -0.0371. The van der Waals surface area contributed by atoms with E-state index in [1.165, 1.54) is 23.1 Å². The van der Waals surface area contributed by atoms with Crippen LogP contribution in [0.5, 0.6) is 5.75 Å². The molecule has 178 valence electrons. The summed E-state index contributed by atoms with van der Waals surface area (Å²) in [7, 11) is 0. The van der Waals surface area contributed by atoms with Crippen LogP contribution in [-0.2, 0) is 6.42 Å². The molecule has 4 unspecified atom stereocenters. The molecule has 3 heterocycles. The van der Waals surface area contributed by atoms with Crippen LogP contribution in [0.15, 0.2) is 30.5 Å². The number of phenolic OH excluding ortho intramolecular Hbond substituents is 1. The summed E-state index contributed by atoms with van der Waals surface area (Å²) in [5.74, 6) is 2.47. The number of nitrogens with one attached hydrogen (secondary N) is 4. The Morgan fingerprint density at radius 3 is 2.70 bits per heavy atom. The molecule has 1 saturated carbocycles. The molecule has 0 amide bonds. The lowest BCUT2D eigenvalue weighted by Crippen LogP contribution is -2.53. The lowest BCUT2D eigenvalue weighted by atomic mass is 9.73. The van der Waals surface area contributed by atoms with Crippen LogP contribution in [0.4, 0.5) is 0 Å². The molecule has 2 aromatic rings. The molecule has 0 bridgehead atoms. The number of imidazole rings is 1. The van der Waals surface area contributed by atoms with Crippen LogP contribution in [-0.4, -0.2) is 32.2 Å². The Morgan fingerprint density at radius 2 is 1.94 bits per heavy atom. The maximum Gasteiger partial charge on any atom is 0.125 e. The fourth-order valence-electron chi connectivity index (χ4n) is 6.66. The number of phenols is 1. The smallest absolute Gasteiger partial charge is 0.125 e. The van der Waals surface area contributed by atoms with Crippen molar-refractivity contribution in [2.45, 2.75) is 95.8 Å². The van der Waals surface area contributed by atoms with Crippen molar-refractivity contribution in [3.8, 4) is 5.75 Å². The Hall–Kier alpha value is -2.15. The maximum absolute atomic E-state index is 9.89. The van der Waals surface area contributed by atoms with Crippen molar-refractivity contribution in [1.29, 1.82) is 0 Å². The van der Waals surface area contributed by atoms with E-state index in [4.69, 9.17) is 4.98 Å². The van der Waals surface area contributed by atoms with Crippen molar-refractivity contribution in [3.63, 3.8) is 0 Å². The monoisotopic (exact) mass is 449 g/mol. The van der Waals surface area contributed by atoms with Gasteiger partial charge in [0.25, 0.3) is 0 Å². The van der Waals surface area contributed by atoms with Gasteiger partial charge in [0.15, 0.2) is 0 Å². The predicted molar refractivity (Wildman–Crippen MR) is 133 cm³/mol. The van der Waals surface area contributed by atoms with Crippen molar-refractivity contribution in [2.75, 3.05) is 0 Å². The summed E-state index contributed by atoms with van der Waals surface area (Å²) in [6.07, 6.45) is 9.73. The number of H-pyrrole nitrogens is 1. The second-order valence-electron chi connectivity index (χ2n) is 11.5. The zero-order chi connectivity index (χ0) is 23.4. The van der Waals surface area contributed by atoms with Gasteiger partial charge in [-0.2, -0.15) is 0 Å². The summed E-state index contributed by atoms with van der Waals surface area (Å²) >= 11 is 0. The second-order valence-corrected chi connectivity index (χ2v) is 11.5. The topological polar surface area (TPSA) is 85.0 Å². The van der Waals surface area contributed by atoms with E-state index in [9.17, 15) is 5.11 Å². The van der Waals surface area contributed by atoms with Crippen LogP contribution in [0, 0.1) is 5.92 Å². The SMILES string of the molecule is CCc1cc(O)ccc1C1CCC2C(C1)NNC2c1ncc(C2=CC(C)(C)NC(C)(C)C2)[nH]1. The molecule has 0 radical (unpaired) electrons. The van der Waals surface area contributed by atoms with Crippen LogP contribution < -0.4 is 16.2 Å². The summed E-state index contributed by atoms with van der Waals surface area (Å²) < 4.78 is 0. The van der Waals surface area contributed by atoms with E-state index in [1.54, 1.807) is 0 Å². The summed E-state index contributed by atoms with van der Waals surface area (Å²) in [6, 6.07) is 6.54. The van der Waals surface area contributed by atoms with Gasteiger partial charge in [-0.3, -0.25) is 5.43 Å². The van der Waals surface area contributed by atoms with Crippen LogP contribution >= 0.6 is 0 Å².